The smallest absolute Gasteiger partial charge is 0.349 e. The summed E-state index contributed by atoms with van der Waals surface area (Å²) in [7, 11) is 0. The standard InChI is InChI=1S/C26H22N2O3/c1-18-12-14-20(15-13-18)16-22(17-27)26(30)31-19(2)25(29)28-24-11-7-6-10-23(24)21-8-4-3-5-9-21/h3-16,19H,1-2H3,(H,28,29)/b22-16+/t19-/m0/s1. The fourth-order valence-corrected chi connectivity index (χ4v) is 2.94. The summed E-state index contributed by atoms with van der Waals surface area (Å²) in [6.07, 6.45) is 0.364. The minimum absolute atomic E-state index is 0.173. The highest BCUT2D eigenvalue weighted by molar-refractivity contribution is 6.02. The summed E-state index contributed by atoms with van der Waals surface area (Å²) in [6, 6.07) is 26.3. The van der Waals surface area contributed by atoms with Crippen LogP contribution < -0.4 is 5.32 Å². The Morgan fingerprint density at radius 3 is 2.29 bits per heavy atom. The van der Waals surface area contributed by atoms with Gasteiger partial charge in [0.1, 0.15) is 11.6 Å². The first-order valence-corrected chi connectivity index (χ1v) is 9.82. The molecular weight excluding hydrogens is 388 g/mol. The number of nitrogens with zero attached hydrogens (tertiary/aromatic N) is 1. The SMILES string of the molecule is Cc1ccc(/C=C(\C#N)C(=O)O[C@@H](C)C(=O)Nc2ccccc2-c2ccccc2)cc1. The Morgan fingerprint density at radius 1 is 0.968 bits per heavy atom. The Kier molecular flexibility index (Phi) is 6.97. The van der Waals surface area contributed by atoms with Crippen molar-refractivity contribution >= 4 is 23.6 Å². The monoisotopic (exact) mass is 410 g/mol. The molecule has 5 heteroatoms. The van der Waals surface area contributed by atoms with Gasteiger partial charge < -0.3 is 10.1 Å². The third kappa shape index (κ3) is 5.68. The molecule has 3 rings (SSSR count). The van der Waals surface area contributed by atoms with E-state index in [1.165, 1.54) is 13.0 Å². The molecule has 3 aromatic rings. The van der Waals surface area contributed by atoms with Gasteiger partial charge >= 0.3 is 5.97 Å². The first-order chi connectivity index (χ1) is 15.0. The van der Waals surface area contributed by atoms with Gasteiger partial charge in [-0.1, -0.05) is 78.4 Å². The number of carbonyl (C=O) groups excluding carboxylic acids is 2. The average Bonchev–Trinajstić information content (AvgIpc) is 2.79. The lowest BCUT2D eigenvalue weighted by molar-refractivity contribution is -0.148. The van der Waals surface area contributed by atoms with E-state index in [-0.39, 0.29) is 5.57 Å². The number of amides is 1. The number of nitriles is 1. The van der Waals surface area contributed by atoms with Gasteiger partial charge in [0.05, 0.1) is 0 Å². The molecule has 31 heavy (non-hydrogen) atoms. The molecule has 154 valence electrons. The largest absolute Gasteiger partial charge is 0.448 e. The fourth-order valence-electron chi connectivity index (χ4n) is 2.94. The van der Waals surface area contributed by atoms with Crippen LogP contribution in [0.5, 0.6) is 0 Å². The van der Waals surface area contributed by atoms with Gasteiger partial charge in [-0.3, -0.25) is 4.79 Å². The van der Waals surface area contributed by atoms with Crippen molar-refractivity contribution in [3.63, 3.8) is 0 Å². The maximum absolute atomic E-state index is 12.6. The number of para-hydroxylation sites is 1. The summed E-state index contributed by atoms with van der Waals surface area (Å²) in [5.41, 5.74) is 4.01. The Hall–Kier alpha value is -4.17. The van der Waals surface area contributed by atoms with Crippen molar-refractivity contribution in [1.29, 1.82) is 5.26 Å². The number of hydrogen-bond donors (Lipinski definition) is 1. The summed E-state index contributed by atoms with van der Waals surface area (Å²) < 4.78 is 5.24. The summed E-state index contributed by atoms with van der Waals surface area (Å²) in [5, 5.41) is 12.2. The maximum atomic E-state index is 12.6. The minimum atomic E-state index is -1.08. The van der Waals surface area contributed by atoms with Gasteiger partial charge in [-0.2, -0.15) is 5.26 Å². The van der Waals surface area contributed by atoms with Crippen LogP contribution in [0.15, 0.2) is 84.4 Å². The van der Waals surface area contributed by atoms with E-state index in [4.69, 9.17) is 4.74 Å². The molecule has 0 aliphatic carbocycles. The summed E-state index contributed by atoms with van der Waals surface area (Å²) >= 11 is 0. The molecule has 0 aromatic heterocycles. The van der Waals surface area contributed by atoms with E-state index in [1.54, 1.807) is 18.2 Å². The van der Waals surface area contributed by atoms with E-state index in [1.807, 2.05) is 73.7 Å². The Morgan fingerprint density at radius 2 is 1.61 bits per heavy atom. The predicted octanol–water partition coefficient (Wildman–Crippen LogP) is 5.14. The lowest BCUT2D eigenvalue weighted by Gasteiger charge is -2.15. The Bertz CT molecular complexity index is 1140. The molecule has 0 unspecified atom stereocenters. The maximum Gasteiger partial charge on any atom is 0.349 e. The molecule has 0 heterocycles. The molecule has 0 saturated carbocycles. The van der Waals surface area contributed by atoms with E-state index in [9.17, 15) is 14.9 Å². The lowest BCUT2D eigenvalue weighted by Crippen LogP contribution is -2.30. The quantitative estimate of drug-likeness (QED) is 0.347. The second-order valence-electron chi connectivity index (χ2n) is 7.03. The zero-order valence-electron chi connectivity index (χ0n) is 17.3. The van der Waals surface area contributed by atoms with E-state index >= 15 is 0 Å². The number of aryl methyl sites for hydroxylation is 1. The second-order valence-corrected chi connectivity index (χ2v) is 7.03. The third-order valence-corrected chi connectivity index (χ3v) is 4.65. The van der Waals surface area contributed by atoms with E-state index in [2.05, 4.69) is 5.32 Å². The van der Waals surface area contributed by atoms with Crippen LogP contribution in [0.1, 0.15) is 18.1 Å². The zero-order valence-corrected chi connectivity index (χ0v) is 17.3. The Labute approximate surface area is 181 Å². The third-order valence-electron chi connectivity index (χ3n) is 4.65. The molecule has 0 saturated heterocycles. The summed E-state index contributed by atoms with van der Waals surface area (Å²) in [6.45, 7) is 3.42. The zero-order chi connectivity index (χ0) is 22.2. The molecule has 1 N–H and O–H groups in total. The van der Waals surface area contributed by atoms with Crippen molar-refractivity contribution in [2.45, 2.75) is 20.0 Å². The van der Waals surface area contributed by atoms with Crippen molar-refractivity contribution in [2.24, 2.45) is 0 Å². The van der Waals surface area contributed by atoms with Crippen LogP contribution in [0.2, 0.25) is 0 Å². The first-order valence-electron chi connectivity index (χ1n) is 9.82. The van der Waals surface area contributed by atoms with Crippen LogP contribution in [-0.4, -0.2) is 18.0 Å². The molecule has 0 aliphatic rings. The van der Waals surface area contributed by atoms with Crippen molar-refractivity contribution in [3.05, 3.63) is 95.6 Å². The van der Waals surface area contributed by atoms with E-state index < -0.39 is 18.0 Å². The average molecular weight is 410 g/mol. The summed E-state index contributed by atoms with van der Waals surface area (Å²) in [4.78, 5) is 25.1. The first kappa shape index (κ1) is 21.5. The van der Waals surface area contributed by atoms with Gasteiger partial charge in [0.2, 0.25) is 0 Å². The fraction of sp³-hybridized carbons (Fsp3) is 0.115. The number of hydrogen-bond acceptors (Lipinski definition) is 4. The van der Waals surface area contributed by atoms with Crippen LogP contribution >= 0.6 is 0 Å². The van der Waals surface area contributed by atoms with Gasteiger partial charge in [0, 0.05) is 11.3 Å². The van der Waals surface area contributed by atoms with Crippen molar-refractivity contribution in [3.8, 4) is 17.2 Å². The van der Waals surface area contributed by atoms with Crippen LogP contribution in [-0.2, 0) is 14.3 Å². The second kappa shape index (κ2) is 10.0. The number of nitrogens with one attached hydrogen (secondary N) is 1. The van der Waals surface area contributed by atoms with Crippen molar-refractivity contribution in [2.75, 3.05) is 5.32 Å². The highest BCUT2D eigenvalue weighted by atomic mass is 16.5. The molecule has 1 atom stereocenters. The molecule has 0 spiro atoms. The topological polar surface area (TPSA) is 79.2 Å². The van der Waals surface area contributed by atoms with Crippen LogP contribution in [0.4, 0.5) is 5.69 Å². The van der Waals surface area contributed by atoms with Gasteiger partial charge in [0.15, 0.2) is 6.10 Å². The molecule has 0 aliphatic heterocycles. The van der Waals surface area contributed by atoms with Crippen LogP contribution in [0, 0.1) is 18.3 Å². The Balaban J connectivity index is 1.70. The van der Waals surface area contributed by atoms with E-state index in [0.717, 1.165) is 16.7 Å². The number of anilines is 1. The van der Waals surface area contributed by atoms with Crippen LogP contribution in [0.25, 0.3) is 17.2 Å². The number of ether oxygens (including phenoxy) is 1. The normalized spacial score (nSPS) is 11.8. The molecule has 5 nitrogen and oxygen atoms in total. The number of esters is 1. The molecular formula is C26H22N2O3. The molecule has 0 fully saturated rings. The number of carbonyl (C=O) groups is 2. The van der Waals surface area contributed by atoms with Crippen LogP contribution in [0.3, 0.4) is 0 Å². The van der Waals surface area contributed by atoms with Crippen molar-refractivity contribution in [1.82, 2.24) is 0 Å². The van der Waals surface area contributed by atoms with E-state index in [0.29, 0.717) is 11.3 Å². The summed E-state index contributed by atoms with van der Waals surface area (Å²) in [5.74, 6) is -1.33. The number of benzene rings is 3. The molecule has 0 bridgehead atoms. The van der Waals surface area contributed by atoms with Gasteiger partial charge in [0.25, 0.3) is 5.91 Å². The molecule has 1 amide bonds. The highest BCUT2D eigenvalue weighted by Gasteiger charge is 2.21. The molecule has 3 aromatic carbocycles. The molecule has 0 radical (unpaired) electrons. The number of rotatable bonds is 6. The lowest BCUT2D eigenvalue weighted by atomic mass is 10.0. The van der Waals surface area contributed by atoms with Gasteiger partial charge in [-0.05, 0) is 37.1 Å². The predicted molar refractivity (Wildman–Crippen MR) is 121 cm³/mol. The van der Waals surface area contributed by atoms with Gasteiger partial charge in [-0.15, -0.1) is 0 Å². The minimum Gasteiger partial charge on any atom is -0.448 e. The highest BCUT2D eigenvalue weighted by Crippen LogP contribution is 2.27. The van der Waals surface area contributed by atoms with Gasteiger partial charge in [-0.25, -0.2) is 4.79 Å². The van der Waals surface area contributed by atoms with Crippen molar-refractivity contribution < 1.29 is 14.3 Å².